The highest BCUT2D eigenvalue weighted by Crippen LogP contribution is 2.27. The van der Waals surface area contributed by atoms with Gasteiger partial charge in [0.2, 0.25) is 0 Å². The first kappa shape index (κ1) is 12.8. The van der Waals surface area contributed by atoms with Crippen LogP contribution in [0.5, 0.6) is 0 Å². The van der Waals surface area contributed by atoms with Crippen molar-refractivity contribution in [3.8, 4) is 0 Å². The number of hydrogen-bond acceptors (Lipinski definition) is 3. The number of hydrogen-bond donors (Lipinski definition) is 1. The van der Waals surface area contributed by atoms with Crippen molar-refractivity contribution in [3.63, 3.8) is 0 Å². The average Bonchev–Trinajstić information content (AvgIpc) is 2.92. The number of aliphatic hydroxyl groups is 1. The number of imidazole rings is 1. The Morgan fingerprint density at radius 2 is 2.32 bits per heavy atom. The normalized spacial score (nSPS) is 13.0. The summed E-state index contributed by atoms with van der Waals surface area (Å²) < 4.78 is 15.8. The third-order valence-corrected chi connectivity index (χ3v) is 4.36. The van der Waals surface area contributed by atoms with Crippen LogP contribution in [0.15, 0.2) is 40.4 Å². The summed E-state index contributed by atoms with van der Waals surface area (Å²) in [6.45, 7) is 0. The first-order chi connectivity index (χ1) is 9.13. The largest absolute Gasteiger partial charge is 0.388 e. The molecule has 19 heavy (non-hydrogen) atoms. The Bertz CT molecular complexity index is 696. The van der Waals surface area contributed by atoms with Gasteiger partial charge in [-0.2, -0.15) is 0 Å². The summed E-state index contributed by atoms with van der Waals surface area (Å²) in [7, 11) is 0. The predicted molar refractivity (Wildman–Crippen MR) is 75.8 cm³/mol. The van der Waals surface area contributed by atoms with Crippen LogP contribution in [-0.2, 0) is 6.42 Å². The highest BCUT2D eigenvalue weighted by Gasteiger charge is 2.15. The Morgan fingerprint density at radius 1 is 1.47 bits per heavy atom. The number of benzene rings is 1. The number of rotatable bonds is 3. The lowest BCUT2D eigenvalue weighted by Crippen LogP contribution is -2.03. The zero-order chi connectivity index (χ0) is 13.4. The van der Waals surface area contributed by atoms with E-state index in [0.29, 0.717) is 16.5 Å². The van der Waals surface area contributed by atoms with E-state index in [-0.39, 0.29) is 5.82 Å². The van der Waals surface area contributed by atoms with E-state index in [1.165, 1.54) is 23.5 Å². The molecule has 0 radical (unpaired) electrons. The maximum Gasteiger partial charge on any atom is 0.193 e. The van der Waals surface area contributed by atoms with Gasteiger partial charge in [0, 0.05) is 28.7 Å². The van der Waals surface area contributed by atoms with E-state index in [0.717, 1.165) is 10.7 Å². The molecule has 2 heterocycles. The van der Waals surface area contributed by atoms with Crippen molar-refractivity contribution in [2.75, 3.05) is 0 Å². The van der Waals surface area contributed by atoms with E-state index in [1.807, 2.05) is 22.2 Å². The summed E-state index contributed by atoms with van der Waals surface area (Å²) in [4.78, 5) is 5.29. The van der Waals surface area contributed by atoms with Crippen LogP contribution in [0.3, 0.4) is 0 Å². The molecule has 0 aliphatic carbocycles. The molecule has 1 N–H and O–H groups in total. The summed E-state index contributed by atoms with van der Waals surface area (Å²) in [6, 6.07) is 4.29. The van der Waals surface area contributed by atoms with Gasteiger partial charge in [0.1, 0.15) is 5.82 Å². The first-order valence-corrected chi connectivity index (χ1v) is 7.35. The molecule has 6 heteroatoms. The third kappa shape index (κ3) is 2.56. The second-order valence-electron chi connectivity index (χ2n) is 4.21. The van der Waals surface area contributed by atoms with E-state index in [2.05, 4.69) is 20.9 Å². The lowest BCUT2D eigenvalue weighted by Gasteiger charge is -2.11. The molecule has 1 aromatic carbocycles. The summed E-state index contributed by atoms with van der Waals surface area (Å²) in [5.74, 6) is -0.358. The maximum absolute atomic E-state index is 13.2. The van der Waals surface area contributed by atoms with E-state index >= 15 is 0 Å². The Balaban J connectivity index is 1.86. The van der Waals surface area contributed by atoms with E-state index in [9.17, 15) is 9.50 Å². The molecular weight excluding hydrogens is 331 g/mol. The molecule has 3 nitrogen and oxygen atoms in total. The monoisotopic (exact) mass is 340 g/mol. The summed E-state index contributed by atoms with van der Waals surface area (Å²) >= 11 is 4.86. The van der Waals surface area contributed by atoms with Gasteiger partial charge in [-0.15, -0.1) is 11.3 Å². The Hall–Kier alpha value is -1.24. The number of aliphatic hydroxyl groups excluding tert-OH is 1. The molecule has 0 fully saturated rings. The van der Waals surface area contributed by atoms with Crippen molar-refractivity contribution in [2.45, 2.75) is 12.5 Å². The minimum atomic E-state index is -0.783. The van der Waals surface area contributed by atoms with Gasteiger partial charge in [0.25, 0.3) is 0 Å². The van der Waals surface area contributed by atoms with Crippen LogP contribution in [0.25, 0.3) is 4.96 Å². The molecule has 3 rings (SSSR count). The Labute approximate surface area is 121 Å². The van der Waals surface area contributed by atoms with Gasteiger partial charge in [-0.05, 0) is 23.8 Å². The Kier molecular flexibility index (Phi) is 3.38. The SMILES string of the molecule is OC(Cc1cn2ccsc2n1)c1cc(F)ccc1Br. The molecule has 3 aromatic rings. The van der Waals surface area contributed by atoms with Crippen molar-refractivity contribution in [2.24, 2.45) is 0 Å². The standard InChI is InChI=1S/C13H10BrFN2OS/c14-11-2-1-8(15)5-10(11)12(18)6-9-7-17-3-4-19-13(17)16-9/h1-5,7,12,18H,6H2. The van der Waals surface area contributed by atoms with Crippen LogP contribution < -0.4 is 0 Å². The zero-order valence-corrected chi connectivity index (χ0v) is 12.2. The molecule has 1 unspecified atom stereocenters. The number of thiazole rings is 1. The number of fused-ring (bicyclic) bond motifs is 1. The van der Waals surface area contributed by atoms with Crippen molar-refractivity contribution >= 4 is 32.2 Å². The molecule has 0 aliphatic heterocycles. The highest BCUT2D eigenvalue weighted by molar-refractivity contribution is 9.10. The predicted octanol–water partition coefficient (Wildman–Crippen LogP) is 3.57. The van der Waals surface area contributed by atoms with Crippen LogP contribution in [-0.4, -0.2) is 14.5 Å². The van der Waals surface area contributed by atoms with Crippen LogP contribution in [0.4, 0.5) is 4.39 Å². The molecule has 0 amide bonds. The zero-order valence-electron chi connectivity index (χ0n) is 9.75. The lowest BCUT2D eigenvalue weighted by atomic mass is 10.1. The fourth-order valence-electron chi connectivity index (χ4n) is 1.95. The van der Waals surface area contributed by atoms with Crippen molar-refractivity contribution in [1.82, 2.24) is 9.38 Å². The molecule has 0 bridgehead atoms. The Morgan fingerprint density at radius 3 is 3.11 bits per heavy atom. The van der Waals surface area contributed by atoms with Crippen molar-refractivity contribution < 1.29 is 9.50 Å². The van der Waals surface area contributed by atoms with E-state index < -0.39 is 6.10 Å². The molecule has 1 atom stereocenters. The molecule has 0 aliphatic rings. The van der Waals surface area contributed by atoms with Gasteiger partial charge in [0.15, 0.2) is 4.96 Å². The van der Waals surface area contributed by atoms with Crippen LogP contribution in [0.1, 0.15) is 17.4 Å². The van der Waals surface area contributed by atoms with Crippen LogP contribution >= 0.6 is 27.3 Å². The summed E-state index contributed by atoms with van der Waals surface area (Å²) in [6.07, 6.45) is 3.37. The van der Waals surface area contributed by atoms with Crippen molar-refractivity contribution in [1.29, 1.82) is 0 Å². The number of aromatic nitrogens is 2. The molecule has 0 saturated heterocycles. The number of halogens is 2. The van der Waals surface area contributed by atoms with E-state index in [1.54, 1.807) is 6.07 Å². The second-order valence-corrected chi connectivity index (χ2v) is 5.94. The minimum absolute atomic E-state index is 0.358. The molecule has 0 saturated carbocycles. The quantitative estimate of drug-likeness (QED) is 0.791. The average molecular weight is 341 g/mol. The topological polar surface area (TPSA) is 37.5 Å². The van der Waals surface area contributed by atoms with Crippen LogP contribution in [0.2, 0.25) is 0 Å². The van der Waals surface area contributed by atoms with Gasteiger partial charge < -0.3 is 5.11 Å². The van der Waals surface area contributed by atoms with Gasteiger partial charge in [0.05, 0.1) is 11.8 Å². The third-order valence-electron chi connectivity index (χ3n) is 2.86. The first-order valence-electron chi connectivity index (χ1n) is 5.67. The fourth-order valence-corrected chi connectivity index (χ4v) is 3.18. The number of nitrogens with zero attached hydrogens (tertiary/aromatic N) is 2. The van der Waals surface area contributed by atoms with Crippen molar-refractivity contribution in [3.05, 3.63) is 57.5 Å². The van der Waals surface area contributed by atoms with Crippen LogP contribution in [0, 0.1) is 5.82 Å². The van der Waals surface area contributed by atoms with E-state index in [4.69, 9.17) is 0 Å². The van der Waals surface area contributed by atoms with Gasteiger partial charge >= 0.3 is 0 Å². The summed E-state index contributed by atoms with van der Waals surface area (Å²) in [5.41, 5.74) is 1.33. The molecule has 0 spiro atoms. The summed E-state index contributed by atoms with van der Waals surface area (Å²) in [5, 5.41) is 12.1. The minimum Gasteiger partial charge on any atom is -0.388 e. The smallest absolute Gasteiger partial charge is 0.193 e. The molecule has 98 valence electrons. The molecule has 2 aromatic heterocycles. The highest BCUT2D eigenvalue weighted by atomic mass is 79.9. The maximum atomic E-state index is 13.2. The fraction of sp³-hybridized carbons (Fsp3) is 0.154. The van der Waals surface area contributed by atoms with Gasteiger partial charge in [-0.25, -0.2) is 9.37 Å². The second kappa shape index (κ2) is 5.03. The lowest BCUT2D eigenvalue weighted by molar-refractivity contribution is 0.176. The van der Waals surface area contributed by atoms with Gasteiger partial charge in [-0.1, -0.05) is 15.9 Å². The van der Waals surface area contributed by atoms with Gasteiger partial charge in [-0.3, -0.25) is 4.40 Å². The molecular formula is C13H10BrFN2OS.